The summed E-state index contributed by atoms with van der Waals surface area (Å²) in [6, 6.07) is 5.64. The Hall–Kier alpha value is -0.630. The van der Waals surface area contributed by atoms with Gasteiger partial charge >= 0.3 is 0 Å². The van der Waals surface area contributed by atoms with Crippen molar-refractivity contribution in [2.45, 2.75) is 23.8 Å². The van der Waals surface area contributed by atoms with E-state index < -0.39 is 10.0 Å². The minimum Gasteiger partial charge on any atom is -0.398 e. The number of nitrogen functional groups attached to an aromatic ring is 1. The van der Waals surface area contributed by atoms with Crippen LogP contribution in [0.15, 0.2) is 27.6 Å². The SMILES string of the molecule is Nc1ccc(Br)cc1S(=O)(=O)N1CCN(C2CC2)CC1. The lowest BCUT2D eigenvalue weighted by molar-refractivity contribution is 0.180. The van der Waals surface area contributed by atoms with E-state index in [-0.39, 0.29) is 4.90 Å². The molecule has 2 N–H and O–H groups in total. The third-order valence-corrected chi connectivity index (χ3v) is 6.38. The molecule has 1 aromatic carbocycles. The van der Waals surface area contributed by atoms with E-state index in [9.17, 15) is 8.42 Å². The van der Waals surface area contributed by atoms with Crippen LogP contribution in [0.4, 0.5) is 5.69 Å². The highest BCUT2D eigenvalue weighted by Gasteiger charge is 2.35. The second-order valence-electron chi connectivity index (χ2n) is 5.35. The second-order valence-corrected chi connectivity index (χ2v) is 8.18. The quantitative estimate of drug-likeness (QED) is 0.830. The number of hydrogen-bond acceptors (Lipinski definition) is 4. The number of nitrogens with two attached hydrogens (primary N) is 1. The summed E-state index contributed by atoms with van der Waals surface area (Å²) >= 11 is 3.30. The van der Waals surface area contributed by atoms with Crippen molar-refractivity contribution < 1.29 is 8.42 Å². The summed E-state index contributed by atoms with van der Waals surface area (Å²) in [5, 5.41) is 0. The molecule has 1 saturated heterocycles. The predicted octanol–water partition coefficient (Wildman–Crippen LogP) is 1.50. The molecule has 0 bridgehead atoms. The van der Waals surface area contributed by atoms with E-state index in [1.807, 2.05) is 0 Å². The van der Waals surface area contributed by atoms with Gasteiger partial charge in [-0.15, -0.1) is 0 Å². The van der Waals surface area contributed by atoms with E-state index in [1.54, 1.807) is 22.5 Å². The highest BCUT2D eigenvalue weighted by Crippen LogP contribution is 2.30. The van der Waals surface area contributed by atoms with Crippen molar-refractivity contribution in [1.82, 2.24) is 9.21 Å². The van der Waals surface area contributed by atoms with Gasteiger partial charge < -0.3 is 5.73 Å². The number of rotatable bonds is 3. The molecule has 1 aliphatic heterocycles. The first-order valence-electron chi connectivity index (χ1n) is 6.78. The number of piperazine rings is 1. The van der Waals surface area contributed by atoms with Crippen LogP contribution >= 0.6 is 15.9 Å². The summed E-state index contributed by atoms with van der Waals surface area (Å²) in [4.78, 5) is 2.59. The van der Waals surface area contributed by atoms with Crippen molar-refractivity contribution in [3.63, 3.8) is 0 Å². The van der Waals surface area contributed by atoms with Gasteiger partial charge in [-0.05, 0) is 31.0 Å². The molecule has 0 unspecified atom stereocenters. The van der Waals surface area contributed by atoms with Crippen LogP contribution in [-0.2, 0) is 10.0 Å². The number of nitrogens with zero attached hydrogens (tertiary/aromatic N) is 2. The van der Waals surface area contributed by atoms with Crippen molar-refractivity contribution in [1.29, 1.82) is 0 Å². The van der Waals surface area contributed by atoms with Gasteiger partial charge in [-0.3, -0.25) is 4.90 Å². The first-order chi connectivity index (χ1) is 9.48. The van der Waals surface area contributed by atoms with Gasteiger partial charge in [0.05, 0.1) is 5.69 Å². The van der Waals surface area contributed by atoms with Crippen molar-refractivity contribution in [2.24, 2.45) is 0 Å². The van der Waals surface area contributed by atoms with E-state index >= 15 is 0 Å². The number of anilines is 1. The Balaban J connectivity index is 1.79. The van der Waals surface area contributed by atoms with E-state index in [2.05, 4.69) is 20.8 Å². The number of benzene rings is 1. The van der Waals surface area contributed by atoms with Crippen molar-refractivity contribution in [3.8, 4) is 0 Å². The van der Waals surface area contributed by atoms with Crippen LogP contribution < -0.4 is 5.73 Å². The Labute approximate surface area is 127 Å². The molecule has 20 heavy (non-hydrogen) atoms. The van der Waals surface area contributed by atoms with Crippen LogP contribution in [0.25, 0.3) is 0 Å². The van der Waals surface area contributed by atoms with Gasteiger partial charge in [0.1, 0.15) is 4.90 Å². The molecular formula is C13H18BrN3O2S. The van der Waals surface area contributed by atoms with Crippen LogP contribution in [0.2, 0.25) is 0 Å². The normalized spacial score (nSPS) is 22.1. The van der Waals surface area contributed by atoms with E-state index in [0.29, 0.717) is 24.8 Å². The topological polar surface area (TPSA) is 66.6 Å². The first kappa shape index (κ1) is 14.3. The van der Waals surface area contributed by atoms with Crippen molar-refractivity contribution in [3.05, 3.63) is 22.7 Å². The van der Waals surface area contributed by atoms with E-state index in [1.165, 1.54) is 12.8 Å². The summed E-state index contributed by atoms with van der Waals surface area (Å²) < 4.78 is 27.6. The first-order valence-corrected chi connectivity index (χ1v) is 9.01. The molecule has 7 heteroatoms. The maximum absolute atomic E-state index is 12.7. The summed E-state index contributed by atoms with van der Waals surface area (Å²) in [7, 11) is -3.49. The van der Waals surface area contributed by atoms with Crippen LogP contribution in [0.3, 0.4) is 0 Å². The van der Waals surface area contributed by atoms with Crippen LogP contribution in [0, 0.1) is 0 Å². The third-order valence-electron chi connectivity index (χ3n) is 3.93. The molecule has 0 amide bonds. The molecule has 0 spiro atoms. The zero-order chi connectivity index (χ0) is 14.3. The molecule has 1 aromatic rings. The molecule has 3 rings (SSSR count). The zero-order valence-corrected chi connectivity index (χ0v) is 13.5. The Morgan fingerprint density at radius 2 is 1.80 bits per heavy atom. The number of halogens is 1. The lowest BCUT2D eigenvalue weighted by Gasteiger charge is -2.34. The fourth-order valence-electron chi connectivity index (χ4n) is 2.62. The van der Waals surface area contributed by atoms with Crippen LogP contribution in [-0.4, -0.2) is 49.8 Å². The average Bonchev–Trinajstić information content (AvgIpc) is 3.26. The second kappa shape index (κ2) is 5.29. The van der Waals surface area contributed by atoms with Gasteiger partial charge in [0.2, 0.25) is 10.0 Å². The molecule has 0 atom stereocenters. The smallest absolute Gasteiger partial charge is 0.245 e. The summed E-state index contributed by atoms with van der Waals surface area (Å²) in [6.07, 6.45) is 2.51. The Bertz CT molecular complexity index is 608. The minimum atomic E-state index is -3.49. The molecule has 0 aromatic heterocycles. The minimum absolute atomic E-state index is 0.201. The molecule has 1 saturated carbocycles. The Kier molecular flexibility index (Phi) is 3.79. The average molecular weight is 360 g/mol. The van der Waals surface area contributed by atoms with Gasteiger partial charge in [-0.2, -0.15) is 4.31 Å². The molecule has 110 valence electrons. The number of hydrogen-bond donors (Lipinski definition) is 1. The Morgan fingerprint density at radius 1 is 1.15 bits per heavy atom. The molecule has 2 fully saturated rings. The standard InChI is InChI=1S/C13H18BrN3O2S/c14-10-1-4-12(15)13(9-10)20(18,19)17-7-5-16(6-8-17)11-2-3-11/h1,4,9,11H,2-3,5-8,15H2. The van der Waals surface area contributed by atoms with Gasteiger partial charge in [0.15, 0.2) is 0 Å². The molecule has 0 radical (unpaired) electrons. The third kappa shape index (κ3) is 2.72. The summed E-state index contributed by atoms with van der Waals surface area (Å²) in [5.41, 5.74) is 6.13. The number of sulfonamides is 1. The van der Waals surface area contributed by atoms with Crippen LogP contribution in [0.1, 0.15) is 12.8 Å². The van der Waals surface area contributed by atoms with Gasteiger partial charge in [0.25, 0.3) is 0 Å². The van der Waals surface area contributed by atoms with E-state index in [0.717, 1.165) is 17.6 Å². The molecule has 1 aliphatic carbocycles. The van der Waals surface area contributed by atoms with Crippen molar-refractivity contribution >= 4 is 31.6 Å². The Morgan fingerprint density at radius 3 is 2.40 bits per heavy atom. The molecule has 2 aliphatic rings. The molecule has 1 heterocycles. The van der Waals surface area contributed by atoms with Gasteiger partial charge in [-0.1, -0.05) is 15.9 Å². The highest BCUT2D eigenvalue weighted by molar-refractivity contribution is 9.10. The summed E-state index contributed by atoms with van der Waals surface area (Å²) in [5.74, 6) is 0. The molecular weight excluding hydrogens is 342 g/mol. The fraction of sp³-hybridized carbons (Fsp3) is 0.538. The highest BCUT2D eigenvalue weighted by atomic mass is 79.9. The maximum atomic E-state index is 12.7. The fourth-order valence-corrected chi connectivity index (χ4v) is 4.70. The zero-order valence-electron chi connectivity index (χ0n) is 11.1. The monoisotopic (exact) mass is 359 g/mol. The largest absolute Gasteiger partial charge is 0.398 e. The summed E-state index contributed by atoms with van der Waals surface area (Å²) in [6.45, 7) is 2.73. The predicted molar refractivity (Wildman–Crippen MR) is 81.9 cm³/mol. The van der Waals surface area contributed by atoms with Gasteiger partial charge in [-0.25, -0.2) is 8.42 Å². The molecule has 5 nitrogen and oxygen atoms in total. The van der Waals surface area contributed by atoms with Crippen LogP contribution in [0.5, 0.6) is 0 Å². The van der Waals surface area contributed by atoms with Gasteiger partial charge in [0, 0.05) is 36.7 Å². The van der Waals surface area contributed by atoms with E-state index in [4.69, 9.17) is 5.73 Å². The lowest BCUT2D eigenvalue weighted by atomic mass is 10.3. The lowest BCUT2D eigenvalue weighted by Crippen LogP contribution is -2.49. The maximum Gasteiger partial charge on any atom is 0.245 e. The van der Waals surface area contributed by atoms with Crippen molar-refractivity contribution in [2.75, 3.05) is 31.9 Å².